The number of hydrogen-bond donors (Lipinski definition) is 1. The molecule has 21 heavy (non-hydrogen) atoms. The number of carboxylic acid groups (broad SMARTS) is 1. The van der Waals surface area contributed by atoms with E-state index in [2.05, 4.69) is 4.98 Å². The summed E-state index contributed by atoms with van der Waals surface area (Å²) in [7, 11) is 1.92. The number of carboxylic acids is 1. The number of hydrogen-bond acceptors (Lipinski definition) is 2. The Kier molecular flexibility index (Phi) is 3.39. The fraction of sp³-hybridized carbons (Fsp3) is 0.125. The quantitative estimate of drug-likeness (QED) is 0.805. The van der Waals surface area contributed by atoms with Crippen LogP contribution in [0.1, 0.15) is 21.7 Å². The van der Waals surface area contributed by atoms with Gasteiger partial charge in [0.2, 0.25) is 0 Å². The molecule has 106 valence electrons. The molecule has 0 aliphatic heterocycles. The first kappa shape index (κ1) is 13.6. The van der Waals surface area contributed by atoms with Gasteiger partial charge in [-0.05, 0) is 29.8 Å². The van der Waals surface area contributed by atoms with Gasteiger partial charge in [0.25, 0.3) is 0 Å². The van der Waals surface area contributed by atoms with Crippen LogP contribution in [0, 0.1) is 0 Å². The van der Waals surface area contributed by atoms with Crippen molar-refractivity contribution in [2.45, 2.75) is 6.42 Å². The average Bonchev–Trinajstić information content (AvgIpc) is 2.77. The van der Waals surface area contributed by atoms with Gasteiger partial charge in [-0.3, -0.25) is 0 Å². The predicted molar refractivity (Wildman–Crippen MR) is 81.9 cm³/mol. The Morgan fingerprint density at radius 2 is 2.05 bits per heavy atom. The molecule has 0 saturated heterocycles. The summed E-state index contributed by atoms with van der Waals surface area (Å²) in [4.78, 5) is 15.6. The number of aromatic nitrogens is 2. The van der Waals surface area contributed by atoms with Gasteiger partial charge in [-0.25, -0.2) is 9.78 Å². The van der Waals surface area contributed by atoms with Crippen molar-refractivity contribution in [1.82, 2.24) is 9.55 Å². The Bertz CT molecular complexity index is 839. The highest BCUT2D eigenvalue weighted by molar-refractivity contribution is 6.31. The molecule has 0 atom stereocenters. The van der Waals surface area contributed by atoms with E-state index in [4.69, 9.17) is 16.7 Å². The minimum atomic E-state index is -0.949. The van der Waals surface area contributed by atoms with Gasteiger partial charge in [0, 0.05) is 18.5 Å². The van der Waals surface area contributed by atoms with Gasteiger partial charge in [0.1, 0.15) is 5.82 Å². The number of benzene rings is 2. The zero-order valence-electron chi connectivity index (χ0n) is 11.4. The molecular formula is C16H13ClN2O2. The van der Waals surface area contributed by atoms with Gasteiger partial charge >= 0.3 is 5.97 Å². The fourth-order valence-electron chi connectivity index (χ4n) is 2.35. The van der Waals surface area contributed by atoms with E-state index in [0.717, 1.165) is 16.9 Å². The van der Waals surface area contributed by atoms with Crippen LogP contribution in [0.3, 0.4) is 0 Å². The van der Waals surface area contributed by atoms with E-state index in [0.29, 0.717) is 17.0 Å². The van der Waals surface area contributed by atoms with Crippen LogP contribution in [0.2, 0.25) is 5.02 Å². The molecule has 2 aromatic carbocycles. The summed E-state index contributed by atoms with van der Waals surface area (Å²) >= 11 is 6.18. The van der Waals surface area contributed by atoms with Gasteiger partial charge < -0.3 is 9.67 Å². The lowest BCUT2D eigenvalue weighted by molar-refractivity contribution is 0.0697. The first-order valence-corrected chi connectivity index (χ1v) is 6.86. The third-order valence-electron chi connectivity index (χ3n) is 3.53. The molecule has 3 rings (SSSR count). The third-order valence-corrected chi connectivity index (χ3v) is 3.90. The highest BCUT2D eigenvalue weighted by Gasteiger charge is 2.12. The van der Waals surface area contributed by atoms with Crippen molar-refractivity contribution < 1.29 is 9.90 Å². The standard InChI is InChI=1S/C16H13ClN2O2/c1-19-14-7-6-11(16(20)21)8-13(14)18-15(19)9-10-4-2-3-5-12(10)17/h2-8H,9H2,1H3,(H,20,21). The van der Waals surface area contributed by atoms with Crippen LogP contribution in [-0.4, -0.2) is 20.6 Å². The molecule has 0 saturated carbocycles. The molecule has 0 fully saturated rings. The van der Waals surface area contributed by atoms with Gasteiger partial charge in [-0.1, -0.05) is 29.8 Å². The lowest BCUT2D eigenvalue weighted by Gasteiger charge is -2.04. The number of halogens is 1. The molecule has 0 spiro atoms. The SMILES string of the molecule is Cn1c(Cc2ccccc2Cl)nc2cc(C(=O)O)ccc21. The van der Waals surface area contributed by atoms with Crippen LogP contribution in [-0.2, 0) is 13.5 Å². The van der Waals surface area contributed by atoms with Crippen LogP contribution in [0.15, 0.2) is 42.5 Å². The van der Waals surface area contributed by atoms with Crippen molar-refractivity contribution in [2.24, 2.45) is 7.05 Å². The maximum absolute atomic E-state index is 11.0. The molecule has 0 aliphatic carbocycles. The molecule has 1 heterocycles. The minimum absolute atomic E-state index is 0.241. The molecule has 1 N–H and O–H groups in total. The molecular weight excluding hydrogens is 288 g/mol. The Morgan fingerprint density at radius 1 is 1.29 bits per heavy atom. The zero-order valence-corrected chi connectivity index (χ0v) is 12.1. The van der Waals surface area contributed by atoms with Crippen LogP contribution in [0.5, 0.6) is 0 Å². The highest BCUT2D eigenvalue weighted by Crippen LogP contribution is 2.22. The largest absolute Gasteiger partial charge is 0.478 e. The molecule has 0 amide bonds. The van der Waals surface area contributed by atoms with E-state index in [-0.39, 0.29) is 5.56 Å². The topological polar surface area (TPSA) is 55.1 Å². The van der Waals surface area contributed by atoms with Gasteiger partial charge in [0.05, 0.1) is 16.6 Å². The Morgan fingerprint density at radius 3 is 2.76 bits per heavy atom. The van der Waals surface area contributed by atoms with Crippen molar-refractivity contribution in [1.29, 1.82) is 0 Å². The molecule has 3 aromatic rings. The average molecular weight is 301 g/mol. The second-order valence-corrected chi connectivity index (χ2v) is 5.27. The lowest BCUT2D eigenvalue weighted by atomic mass is 10.1. The number of rotatable bonds is 3. The molecule has 0 bridgehead atoms. The first-order chi connectivity index (χ1) is 10.1. The maximum Gasteiger partial charge on any atom is 0.335 e. The smallest absolute Gasteiger partial charge is 0.335 e. The van der Waals surface area contributed by atoms with E-state index in [1.165, 1.54) is 0 Å². The molecule has 5 heteroatoms. The number of aromatic carboxylic acids is 1. The number of nitrogens with zero attached hydrogens (tertiary/aromatic N) is 2. The fourth-order valence-corrected chi connectivity index (χ4v) is 2.56. The van der Waals surface area contributed by atoms with Crippen molar-refractivity contribution in [2.75, 3.05) is 0 Å². The summed E-state index contributed by atoms with van der Waals surface area (Å²) in [5.41, 5.74) is 2.82. The first-order valence-electron chi connectivity index (χ1n) is 6.48. The van der Waals surface area contributed by atoms with Crippen molar-refractivity contribution in [3.8, 4) is 0 Å². The number of fused-ring (bicyclic) bond motifs is 1. The number of aryl methyl sites for hydroxylation is 1. The second kappa shape index (κ2) is 5.22. The summed E-state index contributed by atoms with van der Waals surface area (Å²) in [5, 5.41) is 9.74. The van der Waals surface area contributed by atoms with Crippen LogP contribution in [0.4, 0.5) is 0 Å². The predicted octanol–water partition coefficient (Wildman–Crippen LogP) is 3.52. The van der Waals surface area contributed by atoms with E-state index >= 15 is 0 Å². The summed E-state index contributed by atoms with van der Waals surface area (Å²) < 4.78 is 1.96. The van der Waals surface area contributed by atoms with Gasteiger partial charge in [-0.15, -0.1) is 0 Å². The number of imidazole rings is 1. The lowest BCUT2D eigenvalue weighted by Crippen LogP contribution is -1.99. The van der Waals surface area contributed by atoms with Crippen molar-refractivity contribution in [3.63, 3.8) is 0 Å². The van der Waals surface area contributed by atoms with Crippen molar-refractivity contribution >= 4 is 28.6 Å². The third kappa shape index (κ3) is 2.50. The minimum Gasteiger partial charge on any atom is -0.478 e. The van der Waals surface area contributed by atoms with Crippen LogP contribution < -0.4 is 0 Å². The summed E-state index contributed by atoms with van der Waals surface area (Å²) in [6.45, 7) is 0. The molecule has 4 nitrogen and oxygen atoms in total. The molecule has 1 aromatic heterocycles. The molecule has 0 radical (unpaired) electrons. The number of carbonyl (C=O) groups is 1. The summed E-state index contributed by atoms with van der Waals surface area (Å²) in [6, 6.07) is 12.6. The second-order valence-electron chi connectivity index (χ2n) is 4.86. The van der Waals surface area contributed by atoms with Crippen LogP contribution in [0.25, 0.3) is 11.0 Å². The van der Waals surface area contributed by atoms with E-state index < -0.39 is 5.97 Å². The van der Waals surface area contributed by atoms with Gasteiger partial charge in [-0.2, -0.15) is 0 Å². The summed E-state index contributed by atoms with van der Waals surface area (Å²) in [6.07, 6.45) is 0.604. The monoisotopic (exact) mass is 300 g/mol. The Hall–Kier alpha value is -2.33. The maximum atomic E-state index is 11.0. The van der Waals surface area contributed by atoms with Crippen molar-refractivity contribution in [3.05, 3.63) is 64.4 Å². The van der Waals surface area contributed by atoms with E-state index in [9.17, 15) is 4.79 Å². The highest BCUT2D eigenvalue weighted by atomic mass is 35.5. The molecule has 0 aliphatic rings. The Balaban J connectivity index is 2.05. The Labute approximate surface area is 126 Å². The van der Waals surface area contributed by atoms with Crippen LogP contribution >= 0.6 is 11.6 Å². The summed E-state index contributed by atoms with van der Waals surface area (Å²) in [5.74, 6) is -0.101. The zero-order chi connectivity index (χ0) is 15.0. The van der Waals surface area contributed by atoms with Gasteiger partial charge in [0.15, 0.2) is 0 Å². The van der Waals surface area contributed by atoms with E-state index in [1.807, 2.05) is 35.9 Å². The normalized spacial score (nSPS) is 11.0. The van der Waals surface area contributed by atoms with E-state index in [1.54, 1.807) is 18.2 Å². The molecule has 0 unspecified atom stereocenters.